The van der Waals surface area contributed by atoms with Gasteiger partial charge in [-0.1, -0.05) is 13.8 Å². The van der Waals surface area contributed by atoms with Crippen molar-refractivity contribution in [3.63, 3.8) is 0 Å². The fourth-order valence-corrected chi connectivity index (χ4v) is 2.06. The van der Waals surface area contributed by atoms with Crippen LogP contribution in [0.25, 0.3) is 0 Å². The van der Waals surface area contributed by atoms with Gasteiger partial charge in [-0.05, 0) is 24.5 Å². The van der Waals surface area contributed by atoms with Crippen LogP contribution in [0.1, 0.15) is 19.4 Å². The number of nitrogens with one attached hydrogen (secondary N) is 1. The van der Waals surface area contributed by atoms with Crippen molar-refractivity contribution in [1.29, 1.82) is 5.26 Å². The van der Waals surface area contributed by atoms with Gasteiger partial charge in [-0.25, -0.2) is 0 Å². The van der Waals surface area contributed by atoms with Crippen LogP contribution in [-0.4, -0.2) is 30.4 Å². The molecule has 1 N–H and O–H groups in total. The number of amides is 1. The summed E-state index contributed by atoms with van der Waals surface area (Å²) in [5.41, 5.74) is 0.526. The van der Waals surface area contributed by atoms with Gasteiger partial charge >= 0.3 is 0 Å². The van der Waals surface area contributed by atoms with Crippen molar-refractivity contribution in [2.24, 2.45) is 0 Å². The van der Waals surface area contributed by atoms with Gasteiger partial charge in [0, 0.05) is 0 Å². The molecular formula is C11H15N3OS. The number of hydrogen-bond acceptors (Lipinski definition) is 4. The topological polar surface area (TPSA) is 56.1 Å². The molecular weight excluding hydrogens is 222 g/mol. The highest BCUT2D eigenvalue weighted by molar-refractivity contribution is 7.14. The number of thiophene rings is 1. The van der Waals surface area contributed by atoms with E-state index in [9.17, 15) is 4.79 Å². The normalized spacial score (nSPS) is 10.1. The van der Waals surface area contributed by atoms with Gasteiger partial charge in [-0.15, -0.1) is 11.3 Å². The molecule has 0 radical (unpaired) electrons. The molecule has 0 atom stereocenters. The molecule has 0 saturated heterocycles. The lowest BCUT2D eigenvalue weighted by Gasteiger charge is -2.16. The maximum absolute atomic E-state index is 11.7. The summed E-state index contributed by atoms with van der Waals surface area (Å²) in [5, 5.41) is 14.0. The molecule has 86 valence electrons. The third-order valence-electron chi connectivity index (χ3n) is 2.30. The molecule has 0 aliphatic carbocycles. The van der Waals surface area contributed by atoms with Crippen molar-refractivity contribution in [3.05, 3.63) is 17.0 Å². The highest BCUT2D eigenvalue weighted by Gasteiger charge is 2.10. The molecule has 0 aromatic carbocycles. The van der Waals surface area contributed by atoms with Gasteiger partial charge in [0.2, 0.25) is 5.91 Å². The van der Waals surface area contributed by atoms with Crippen LogP contribution >= 0.6 is 11.3 Å². The van der Waals surface area contributed by atoms with Crippen molar-refractivity contribution in [2.75, 3.05) is 25.0 Å². The van der Waals surface area contributed by atoms with Gasteiger partial charge in [-0.3, -0.25) is 9.69 Å². The minimum atomic E-state index is -0.0670. The predicted molar refractivity (Wildman–Crippen MR) is 65.5 cm³/mol. The number of likely N-dealkylation sites (N-methyl/N-ethyl adjacent to an activating group) is 1. The molecule has 0 aliphatic rings. The number of hydrogen-bond donors (Lipinski definition) is 1. The van der Waals surface area contributed by atoms with E-state index in [1.165, 1.54) is 11.3 Å². The van der Waals surface area contributed by atoms with Gasteiger partial charge in [0.15, 0.2) is 0 Å². The lowest BCUT2D eigenvalue weighted by atomic mass is 10.3. The summed E-state index contributed by atoms with van der Waals surface area (Å²) in [6, 6.07) is 3.75. The van der Waals surface area contributed by atoms with Gasteiger partial charge in [0.1, 0.15) is 11.1 Å². The van der Waals surface area contributed by atoms with E-state index in [1.807, 2.05) is 24.8 Å². The smallest absolute Gasteiger partial charge is 0.239 e. The fourth-order valence-electron chi connectivity index (χ4n) is 1.31. The molecule has 0 spiro atoms. The highest BCUT2D eigenvalue weighted by Crippen LogP contribution is 2.21. The van der Waals surface area contributed by atoms with Crippen molar-refractivity contribution in [2.45, 2.75) is 13.8 Å². The Morgan fingerprint density at radius 3 is 2.81 bits per heavy atom. The van der Waals surface area contributed by atoms with E-state index in [2.05, 4.69) is 5.32 Å². The van der Waals surface area contributed by atoms with Crippen LogP contribution in [0.4, 0.5) is 5.00 Å². The van der Waals surface area contributed by atoms with E-state index in [4.69, 9.17) is 5.26 Å². The zero-order valence-corrected chi connectivity index (χ0v) is 10.3. The number of carbonyl (C=O) groups is 1. The van der Waals surface area contributed by atoms with E-state index in [-0.39, 0.29) is 5.91 Å². The minimum absolute atomic E-state index is 0.0670. The fraction of sp³-hybridized carbons (Fsp3) is 0.455. The predicted octanol–water partition coefficient (Wildman–Crippen LogP) is 1.90. The Kier molecular flexibility index (Phi) is 4.96. The van der Waals surface area contributed by atoms with E-state index in [0.717, 1.165) is 13.1 Å². The van der Waals surface area contributed by atoms with E-state index in [0.29, 0.717) is 17.1 Å². The molecule has 0 bridgehead atoms. The van der Waals surface area contributed by atoms with Crippen LogP contribution in [0.15, 0.2) is 11.4 Å². The van der Waals surface area contributed by atoms with Gasteiger partial charge in [-0.2, -0.15) is 5.26 Å². The van der Waals surface area contributed by atoms with Crippen molar-refractivity contribution >= 4 is 22.2 Å². The molecule has 0 saturated carbocycles. The maximum Gasteiger partial charge on any atom is 0.239 e. The summed E-state index contributed by atoms with van der Waals surface area (Å²) in [4.78, 5) is 13.7. The van der Waals surface area contributed by atoms with Crippen LogP contribution in [0.2, 0.25) is 0 Å². The Morgan fingerprint density at radius 2 is 2.25 bits per heavy atom. The van der Waals surface area contributed by atoms with Crippen molar-refractivity contribution in [3.8, 4) is 6.07 Å². The molecule has 1 rings (SSSR count). The van der Waals surface area contributed by atoms with Crippen LogP contribution in [0.5, 0.6) is 0 Å². The average Bonchev–Trinajstić information content (AvgIpc) is 2.73. The SMILES string of the molecule is CCN(CC)CC(=O)Nc1sccc1C#N. The molecule has 1 aromatic rings. The first-order chi connectivity index (χ1) is 7.71. The second kappa shape index (κ2) is 6.26. The molecule has 1 aromatic heterocycles. The van der Waals surface area contributed by atoms with Crippen LogP contribution < -0.4 is 5.32 Å². The number of anilines is 1. The first kappa shape index (κ1) is 12.7. The standard InChI is InChI=1S/C11H15N3OS/c1-3-14(4-2)8-10(15)13-11-9(7-12)5-6-16-11/h5-6H,3-4,8H2,1-2H3,(H,13,15). The van der Waals surface area contributed by atoms with E-state index >= 15 is 0 Å². The van der Waals surface area contributed by atoms with Crippen LogP contribution in [0, 0.1) is 11.3 Å². The van der Waals surface area contributed by atoms with Gasteiger partial charge in [0.25, 0.3) is 0 Å². The summed E-state index contributed by atoms with van der Waals surface area (Å²) < 4.78 is 0. The highest BCUT2D eigenvalue weighted by atomic mass is 32.1. The zero-order valence-electron chi connectivity index (χ0n) is 9.49. The van der Waals surface area contributed by atoms with E-state index < -0.39 is 0 Å². The van der Waals surface area contributed by atoms with Gasteiger partial charge < -0.3 is 5.32 Å². The molecule has 4 nitrogen and oxygen atoms in total. The molecule has 1 amide bonds. The lowest BCUT2D eigenvalue weighted by Crippen LogP contribution is -2.32. The number of rotatable bonds is 5. The second-order valence-electron chi connectivity index (χ2n) is 3.28. The zero-order chi connectivity index (χ0) is 12.0. The summed E-state index contributed by atoms with van der Waals surface area (Å²) in [6.45, 7) is 6.10. The maximum atomic E-state index is 11.7. The monoisotopic (exact) mass is 237 g/mol. The van der Waals surface area contributed by atoms with Gasteiger partial charge in [0.05, 0.1) is 12.1 Å². The average molecular weight is 237 g/mol. The number of nitrogens with zero attached hydrogens (tertiary/aromatic N) is 2. The molecule has 5 heteroatoms. The molecule has 0 fully saturated rings. The first-order valence-electron chi connectivity index (χ1n) is 5.21. The summed E-state index contributed by atoms with van der Waals surface area (Å²) in [6.07, 6.45) is 0. The van der Waals surface area contributed by atoms with E-state index in [1.54, 1.807) is 11.4 Å². The third-order valence-corrected chi connectivity index (χ3v) is 3.13. The molecule has 0 aliphatic heterocycles. The van der Waals surface area contributed by atoms with Crippen molar-refractivity contribution in [1.82, 2.24) is 4.90 Å². The number of carbonyl (C=O) groups excluding carboxylic acids is 1. The Balaban J connectivity index is 2.55. The second-order valence-corrected chi connectivity index (χ2v) is 4.20. The first-order valence-corrected chi connectivity index (χ1v) is 6.09. The van der Waals surface area contributed by atoms with Crippen LogP contribution in [-0.2, 0) is 4.79 Å². The quantitative estimate of drug-likeness (QED) is 0.851. The summed E-state index contributed by atoms with van der Waals surface area (Å²) >= 11 is 1.37. The Morgan fingerprint density at radius 1 is 1.56 bits per heavy atom. The largest absolute Gasteiger partial charge is 0.315 e. The van der Waals surface area contributed by atoms with Crippen molar-refractivity contribution < 1.29 is 4.79 Å². The Hall–Kier alpha value is -1.38. The molecule has 16 heavy (non-hydrogen) atoms. The molecule has 1 heterocycles. The lowest BCUT2D eigenvalue weighted by molar-refractivity contribution is -0.117. The number of nitriles is 1. The molecule has 0 unspecified atom stereocenters. The Bertz CT molecular complexity index is 390. The summed E-state index contributed by atoms with van der Waals surface area (Å²) in [5.74, 6) is -0.0670. The van der Waals surface area contributed by atoms with Crippen LogP contribution in [0.3, 0.4) is 0 Å². The Labute approximate surface area is 99.5 Å². The minimum Gasteiger partial charge on any atom is -0.315 e. The summed E-state index contributed by atoms with van der Waals surface area (Å²) in [7, 11) is 0. The third kappa shape index (κ3) is 3.33.